The smallest absolute Gasteiger partial charge is 0.225 e. The van der Waals surface area contributed by atoms with Gasteiger partial charge in [0.15, 0.2) is 5.76 Å². The van der Waals surface area contributed by atoms with Crippen molar-refractivity contribution in [1.82, 2.24) is 10.3 Å². The number of methoxy groups -OCH3 is 1. The van der Waals surface area contributed by atoms with Gasteiger partial charge in [0.2, 0.25) is 11.8 Å². The van der Waals surface area contributed by atoms with E-state index in [9.17, 15) is 9.18 Å². The minimum Gasteiger partial charge on any atom is -0.496 e. The Balaban J connectivity index is 1.65. The van der Waals surface area contributed by atoms with Crippen LogP contribution >= 0.6 is 0 Å². The Morgan fingerprint density at radius 2 is 1.96 bits per heavy atom. The highest BCUT2D eigenvalue weighted by Gasteiger charge is 2.17. The maximum absolute atomic E-state index is 13.0. The predicted octanol–water partition coefficient (Wildman–Crippen LogP) is 3.91. The van der Waals surface area contributed by atoms with Crippen molar-refractivity contribution >= 4 is 5.91 Å². The SMILES string of the molecule is COc1ccccc1CC(=O)NC(C)c1ncc(-c2ccc(F)cc2)o1. The molecule has 5 nitrogen and oxygen atoms in total. The standard InChI is InChI=1S/C20H19FN2O3/c1-13(23-19(24)11-15-5-3-4-6-17(15)25-2)20-22-12-18(26-20)14-7-9-16(21)10-8-14/h3-10,12-13H,11H2,1-2H3,(H,23,24). The van der Waals surface area contributed by atoms with E-state index in [1.165, 1.54) is 12.1 Å². The van der Waals surface area contributed by atoms with Gasteiger partial charge >= 0.3 is 0 Å². The summed E-state index contributed by atoms with van der Waals surface area (Å²) in [5.41, 5.74) is 1.52. The number of para-hydroxylation sites is 1. The van der Waals surface area contributed by atoms with Gasteiger partial charge < -0.3 is 14.5 Å². The fraction of sp³-hybridized carbons (Fsp3) is 0.200. The lowest BCUT2D eigenvalue weighted by atomic mass is 10.1. The molecule has 3 aromatic rings. The van der Waals surface area contributed by atoms with E-state index in [2.05, 4.69) is 10.3 Å². The maximum Gasteiger partial charge on any atom is 0.225 e. The minimum absolute atomic E-state index is 0.163. The number of aromatic nitrogens is 1. The molecule has 0 fully saturated rings. The third-order valence-corrected chi connectivity index (χ3v) is 3.94. The number of hydrogen-bond acceptors (Lipinski definition) is 4. The van der Waals surface area contributed by atoms with Gasteiger partial charge in [-0.15, -0.1) is 0 Å². The van der Waals surface area contributed by atoms with Gasteiger partial charge in [0.25, 0.3) is 0 Å². The number of carbonyl (C=O) groups excluding carboxylic acids is 1. The Bertz CT molecular complexity index is 890. The second kappa shape index (κ2) is 7.82. The number of amides is 1. The zero-order valence-corrected chi connectivity index (χ0v) is 14.5. The molecule has 0 spiro atoms. The van der Waals surface area contributed by atoms with Gasteiger partial charge in [0.05, 0.1) is 19.7 Å². The van der Waals surface area contributed by atoms with E-state index in [-0.39, 0.29) is 18.1 Å². The Labute approximate surface area is 150 Å². The lowest BCUT2D eigenvalue weighted by Crippen LogP contribution is -2.28. The Hall–Kier alpha value is -3.15. The average Bonchev–Trinajstić information content (AvgIpc) is 3.13. The highest BCUT2D eigenvalue weighted by Crippen LogP contribution is 2.23. The van der Waals surface area contributed by atoms with Gasteiger partial charge in [0, 0.05) is 11.1 Å². The molecular weight excluding hydrogens is 335 g/mol. The molecule has 2 aromatic carbocycles. The molecule has 0 aliphatic rings. The van der Waals surface area contributed by atoms with Gasteiger partial charge in [-0.3, -0.25) is 4.79 Å². The molecule has 1 unspecified atom stereocenters. The van der Waals surface area contributed by atoms with Crippen molar-refractivity contribution in [3.05, 3.63) is 72.0 Å². The normalized spacial score (nSPS) is 11.8. The summed E-state index contributed by atoms with van der Waals surface area (Å²) in [4.78, 5) is 16.5. The largest absolute Gasteiger partial charge is 0.496 e. The number of oxazole rings is 1. The van der Waals surface area contributed by atoms with Crippen LogP contribution in [0.1, 0.15) is 24.4 Å². The van der Waals surface area contributed by atoms with E-state index in [0.29, 0.717) is 17.4 Å². The van der Waals surface area contributed by atoms with Gasteiger partial charge in [0.1, 0.15) is 17.6 Å². The molecule has 0 aliphatic carbocycles. The van der Waals surface area contributed by atoms with Crippen molar-refractivity contribution in [2.45, 2.75) is 19.4 Å². The van der Waals surface area contributed by atoms with Crippen LogP contribution in [0, 0.1) is 5.82 Å². The lowest BCUT2D eigenvalue weighted by molar-refractivity contribution is -0.121. The van der Waals surface area contributed by atoms with Crippen LogP contribution in [0.2, 0.25) is 0 Å². The number of hydrogen-bond donors (Lipinski definition) is 1. The Morgan fingerprint density at radius 1 is 1.23 bits per heavy atom. The molecule has 1 atom stereocenters. The van der Waals surface area contributed by atoms with Crippen molar-refractivity contribution in [3.8, 4) is 17.1 Å². The molecule has 134 valence electrons. The minimum atomic E-state index is -0.397. The maximum atomic E-state index is 13.0. The van der Waals surface area contributed by atoms with E-state index >= 15 is 0 Å². The summed E-state index contributed by atoms with van der Waals surface area (Å²) in [6, 6.07) is 12.9. The van der Waals surface area contributed by atoms with Gasteiger partial charge in [-0.05, 0) is 37.3 Å². The van der Waals surface area contributed by atoms with Crippen molar-refractivity contribution < 1.29 is 18.3 Å². The molecule has 1 N–H and O–H groups in total. The van der Waals surface area contributed by atoms with Crippen molar-refractivity contribution in [1.29, 1.82) is 0 Å². The topological polar surface area (TPSA) is 64.4 Å². The zero-order valence-electron chi connectivity index (χ0n) is 14.5. The van der Waals surface area contributed by atoms with Gasteiger partial charge in [-0.1, -0.05) is 18.2 Å². The summed E-state index contributed by atoms with van der Waals surface area (Å²) in [5.74, 6) is 1.10. The summed E-state index contributed by atoms with van der Waals surface area (Å²) >= 11 is 0. The number of benzene rings is 2. The van der Waals surface area contributed by atoms with E-state index in [1.54, 1.807) is 32.4 Å². The number of carbonyl (C=O) groups is 1. The Kier molecular flexibility index (Phi) is 5.31. The molecule has 1 aromatic heterocycles. The first-order chi connectivity index (χ1) is 12.6. The quantitative estimate of drug-likeness (QED) is 0.729. The number of nitrogens with one attached hydrogen (secondary N) is 1. The van der Waals surface area contributed by atoms with Gasteiger partial charge in [-0.25, -0.2) is 9.37 Å². The first-order valence-corrected chi connectivity index (χ1v) is 8.19. The molecule has 0 saturated carbocycles. The van der Waals surface area contributed by atoms with Crippen molar-refractivity contribution in [2.75, 3.05) is 7.11 Å². The third kappa shape index (κ3) is 4.08. The molecule has 1 heterocycles. The summed E-state index contributed by atoms with van der Waals surface area (Å²) in [7, 11) is 1.57. The molecule has 0 bridgehead atoms. The fourth-order valence-corrected chi connectivity index (χ4v) is 2.61. The molecule has 0 saturated heterocycles. The molecule has 3 rings (SSSR count). The first-order valence-electron chi connectivity index (χ1n) is 8.19. The third-order valence-electron chi connectivity index (χ3n) is 3.94. The van der Waals surface area contributed by atoms with Crippen molar-refractivity contribution in [2.24, 2.45) is 0 Å². The summed E-state index contributed by atoms with van der Waals surface area (Å²) in [5, 5.41) is 2.86. The Morgan fingerprint density at radius 3 is 2.69 bits per heavy atom. The van der Waals surface area contributed by atoms with Crippen LogP contribution in [0.5, 0.6) is 5.75 Å². The zero-order chi connectivity index (χ0) is 18.5. The average molecular weight is 354 g/mol. The number of ether oxygens (including phenoxy) is 1. The summed E-state index contributed by atoms with van der Waals surface area (Å²) in [6.45, 7) is 1.79. The van der Waals surface area contributed by atoms with Gasteiger partial charge in [-0.2, -0.15) is 0 Å². The molecule has 1 amide bonds. The predicted molar refractivity (Wildman–Crippen MR) is 95.2 cm³/mol. The highest BCUT2D eigenvalue weighted by molar-refractivity contribution is 5.79. The summed E-state index contributed by atoms with van der Waals surface area (Å²) < 4.78 is 24.0. The molecule has 0 aliphatic heterocycles. The van der Waals surface area contributed by atoms with Crippen LogP contribution in [0.15, 0.2) is 59.1 Å². The van der Waals surface area contributed by atoms with Crippen LogP contribution in [-0.2, 0) is 11.2 Å². The van der Waals surface area contributed by atoms with E-state index in [1.807, 2.05) is 24.3 Å². The number of rotatable bonds is 6. The van der Waals surface area contributed by atoms with E-state index in [4.69, 9.17) is 9.15 Å². The second-order valence-electron chi connectivity index (χ2n) is 5.85. The molecular formula is C20H19FN2O3. The molecule has 0 radical (unpaired) electrons. The van der Waals surface area contributed by atoms with Crippen LogP contribution in [0.25, 0.3) is 11.3 Å². The van der Waals surface area contributed by atoms with Crippen LogP contribution in [0.3, 0.4) is 0 Å². The summed E-state index contributed by atoms with van der Waals surface area (Å²) in [6.07, 6.45) is 1.76. The first kappa shape index (κ1) is 17.7. The number of nitrogens with zero attached hydrogens (tertiary/aromatic N) is 1. The van der Waals surface area contributed by atoms with E-state index < -0.39 is 6.04 Å². The molecule has 26 heavy (non-hydrogen) atoms. The van der Waals surface area contributed by atoms with Crippen LogP contribution in [-0.4, -0.2) is 18.0 Å². The highest BCUT2D eigenvalue weighted by atomic mass is 19.1. The lowest BCUT2D eigenvalue weighted by Gasteiger charge is -2.12. The monoisotopic (exact) mass is 354 g/mol. The van der Waals surface area contributed by atoms with Crippen LogP contribution < -0.4 is 10.1 Å². The molecule has 6 heteroatoms. The fourth-order valence-electron chi connectivity index (χ4n) is 2.61. The van der Waals surface area contributed by atoms with E-state index in [0.717, 1.165) is 11.1 Å². The number of halogens is 1. The second-order valence-corrected chi connectivity index (χ2v) is 5.85. The van der Waals surface area contributed by atoms with Crippen LogP contribution in [0.4, 0.5) is 4.39 Å². The van der Waals surface area contributed by atoms with Crippen molar-refractivity contribution in [3.63, 3.8) is 0 Å².